The van der Waals surface area contributed by atoms with Crippen LogP contribution in [0.3, 0.4) is 0 Å². The second-order valence-corrected chi connectivity index (χ2v) is 2.70. The minimum absolute atomic E-state index is 0. The highest BCUT2D eigenvalue weighted by molar-refractivity contribution is 5.75. The van der Waals surface area contributed by atoms with Gasteiger partial charge in [0, 0.05) is 23.1 Å². The number of rotatable bonds is 0. The quantitative estimate of drug-likeness (QED) is 0.268. The van der Waals surface area contributed by atoms with Crippen LogP contribution in [0, 0.1) is 0 Å². The largest absolute Gasteiger partial charge is 0.503 e. The molecule has 13 heavy (non-hydrogen) atoms. The van der Waals surface area contributed by atoms with Crippen LogP contribution in [0.25, 0.3) is 0 Å². The molecule has 10 N–H and O–H groups in total. The molecule has 0 atom stereocenters. The summed E-state index contributed by atoms with van der Waals surface area (Å²) in [5.74, 6) is 0. The van der Waals surface area contributed by atoms with Crippen LogP contribution in [-0.2, 0) is 0 Å². The van der Waals surface area contributed by atoms with Crippen molar-refractivity contribution in [1.82, 2.24) is 0 Å². The van der Waals surface area contributed by atoms with Crippen LogP contribution in [0.5, 0.6) is 0 Å². The molecule has 0 unspecified atom stereocenters. The molecule has 10 nitrogen and oxygen atoms in total. The van der Waals surface area contributed by atoms with E-state index in [0.29, 0.717) is 0 Å². The summed E-state index contributed by atoms with van der Waals surface area (Å²) in [6.45, 7) is 0. The zero-order valence-electron chi connectivity index (χ0n) is 5.99. The topological polar surface area (TPSA) is 259 Å². The average Bonchev–Trinajstić information content (AvgIpc) is 1.25. The Balaban J connectivity index is -0.00000000800. The molecule has 0 aromatic rings. The highest BCUT2D eigenvalue weighted by Gasteiger charge is 1.90. The molecular weight excluding hydrogens is 438 g/mol. The van der Waals surface area contributed by atoms with E-state index in [-0.39, 0.29) is 45.0 Å². The molecule has 13 heteroatoms. The van der Waals surface area contributed by atoms with Gasteiger partial charge in [-0.2, -0.15) is 0 Å². The van der Waals surface area contributed by atoms with Crippen molar-refractivity contribution in [3.63, 3.8) is 0 Å². The Morgan fingerprint density at radius 2 is 0.615 bits per heavy atom. The maximum atomic E-state index is 8.68. The first-order chi connectivity index (χ1) is 3.46. The van der Waals surface area contributed by atoms with Crippen LogP contribution in [0.15, 0.2) is 0 Å². The summed E-state index contributed by atoms with van der Waals surface area (Å²) in [5.41, 5.74) is 0. The lowest BCUT2D eigenvalue weighted by molar-refractivity contribution is -1.63. The lowest BCUT2D eigenvalue weighted by Crippen LogP contribution is -3.98. The molecule has 0 bridgehead atoms. The number of hydrogen-bond donors (Lipinski definition) is 2. The molecule has 0 aliphatic rings. The summed E-state index contributed by atoms with van der Waals surface area (Å²) in [7, 11) is 0. The van der Waals surface area contributed by atoms with Gasteiger partial charge in [0.05, 0.1) is 0 Å². The highest BCUT2D eigenvalue weighted by atomic mass is 127. The number of halogens is 2. The molecular formula is H10I2MgO10. The second-order valence-electron chi connectivity index (χ2n) is 0.402. The van der Waals surface area contributed by atoms with Crippen molar-refractivity contribution in [2.45, 2.75) is 0 Å². The van der Waals surface area contributed by atoms with Crippen molar-refractivity contribution in [3.8, 4) is 0 Å². The van der Waals surface area contributed by atoms with Crippen LogP contribution in [-0.4, -0.2) is 51.8 Å². The minimum Gasteiger partial charge on any atom is -0.412 e. The van der Waals surface area contributed by atoms with Crippen molar-refractivity contribution in [3.05, 3.63) is 0 Å². The van der Waals surface area contributed by atoms with Crippen LogP contribution in [0.2, 0.25) is 0 Å². The molecule has 0 aliphatic heterocycles. The molecule has 0 aromatic heterocycles. The van der Waals surface area contributed by atoms with Crippen LogP contribution < -0.4 is 55.9 Å². The van der Waals surface area contributed by atoms with Gasteiger partial charge in [-0.05, 0) is 6.87 Å². The van der Waals surface area contributed by atoms with Crippen molar-refractivity contribution < 1.29 is 84.6 Å². The van der Waals surface area contributed by atoms with Crippen LogP contribution in [0.4, 0.5) is 0 Å². The third kappa shape index (κ3) is 580. The molecule has 0 spiro atoms. The summed E-state index contributed by atoms with van der Waals surface area (Å²) in [6.07, 6.45) is 0. The first kappa shape index (κ1) is 46.3. The Morgan fingerprint density at radius 3 is 0.615 bits per heavy atom. The van der Waals surface area contributed by atoms with E-state index in [1.165, 1.54) is 0 Å². The molecule has 0 saturated carbocycles. The zero-order chi connectivity index (χ0) is 7.15. The van der Waals surface area contributed by atoms with Crippen molar-refractivity contribution in [2.75, 3.05) is 0 Å². The molecule has 0 heterocycles. The maximum Gasteiger partial charge on any atom is 0.503 e. The predicted octanol–water partition coefficient (Wildman–Crippen LogP) is -15.5. The standard InChI is InChI=1S/2HIO3.Mg.4H2O/c2*2-1(3)4;;;;;/h2*2H;;4*1H2. The van der Waals surface area contributed by atoms with Gasteiger partial charge in [-0.15, -0.1) is 0 Å². The van der Waals surface area contributed by atoms with E-state index in [9.17, 15) is 0 Å². The van der Waals surface area contributed by atoms with Gasteiger partial charge in [0.25, 0.3) is 0 Å². The van der Waals surface area contributed by atoms with E-state index in [0.717, 1.165) is 0 Å². The van der Waals surface area contributed by atoms with Crippen molar-refractivity contribution in [1.29, 1.82) is 0 Å². The Labute approximate surface area is 107 Å². The predicted molar refractivity (Wildman–Crippen MR) is 24.6 cm³/mol. The summed E-state index contributed by atoms with van der Waals surface area (Å²) in [6, 6.07) is 0. The highest BCUT2D eigenvalue weighted by Crippen LogP contribution is 0.254. The lowest BCUT2D eigenvalue weighted by Gasteiger charge is -1.67. The third-order valence-electron chi connectivity index (χ3n) is 0. The molecule has 0 saturated heterocycles. The Morgan fingerprint density at radius 1 is 0.615 bits per heavy atom. The SMILES string of the molecule is O.O.O.O.[Mg].[O-][I+2]([O-])O.[O-][I+2]([O-])O. The third-order valence-corrected chi connectivity index (χ3v) is 0. The molecule has 0 aromatic carbocycles. The second kappa shape index (κ2) is 37.1. The van der Waals surface area contributed by atoms with E-state index in [4.69, 9.17) is 20.6 Å². The van der Waals surface area contributed by atoms with Gasteiger partial charge in [-0.3, -0.25) is 0 Å². The summed E-state index contributed by atoms with van der Waals surface area (Å²) in [5, 5.41) is 0. The average molecular weight is 448 g/mol. The summed E-state index contributed by atoms with van der Waals surface area (Å²) >= 11 is -7.53. The molecule has 0 rings (SSSR count). The Hall–Kier alpha value is 1.83. The Kier molecular flexibility index (Phi) is 132. The summed E-state index contributed by atoms with van der Waals surface area (Å²) < 4.78 is 48.9. The molecule has 0 fully saturated rings. The van der Waals surface area contributed by atoms with E-state index in [2.05, 4.69) is 0 Å². The fourth-order valence-electron chi connectivity index (χ4n) is 0. The van der Waals surface area contributed by atoms with Gasteiger partial charge in [-0.25, -0.2) is 0 Å². The van der Waals surface area contributed by atoms with Crippen LogP contribution in [0.1, 0.15) is 0 Å². The summed E-state index contributed by atoms with van der Waals surface area (Å²) in [4.78, 5) is 0. The first-order valence-electron chi connectivity index (χ1n) is 0.955. The maximum absolute atomic E-state index is 8.68. The normalized spacial score (nSPS) is 5.54. The molecule has 86 valence electrons. The van der Waals surface area contributed by atoms with E-state index >= 15 is 0 Å². The van der Waals surface area contributed by atoms with Gasteiger partial charge >= 0.3 is 42.1 Å². The zero-order valence-corrected chi connectivity index (χ0v) is 11.7. The fraction of sp³-hybridized carbons (Fsp3) is 0. The molecule has 2 radical (unpaired) electrons. The van der Waals surface area contributed by atoms with Gasteiger partial charge < -0.3 is 35.6 Å². The lowest BCUT2D eigenvalue weighted by atomic mass is 16.0. The first-order valence-corrected chi connectivity index (χ1v) is 6.41. The van der Waals surface area contributed by atoms with Crippen molar-refractivity contribution in [2.24, 2.45) is 0 Å². The monoisotopic (exact) mass is 448 g/mol. The fourth-order valence-corrected chi connectivity index (χ4v) is 0. The molecule has 0 amide bonds. The number of hydrogen-bond acceptors (Lipinski definition) is 6. The van der Waals surface area contributed by atoms with Gasteiger partial charge in [0.1, 0.15) is 0 Å². The van der Waals surface area contributed by atoms with Crippen molar-refractivity contribution >= 4 is 23.1 Å². The van der Waals surface area contributed by atoms with E-state index < -0.39 is 42.1 Å². The minimum atomic E-state index is -3.76. The van der Waals surface area contributed by atoms with Gasteiger partial charge in [0.2, 0.25) is 0 Å². The smallest absolute Gasteiger partial charge is 0.412 e. The van der Waals surface area contributed by atoms with Gasteiger partial charge in [0.15, 0.2) is 0 Å². The van der Waals surface area contributed by atoms with Crippen LogP contribution >= 0.6 is 0 Å². The molecule has 0 aliphatic carbocycles. The van der Waals surface area contributed by atoms with E-state index in [1.54, 1.807) is 0 Å². The van der Waals surface area contributed by atoms with E-state index in [1.807, 2.05) is 0 Å². The Bertz CT molecular complexity index is 28.4. The van der Waals surface area contributed by atoms with Gasteiger partial charge in [-0.1, -0.05) is 0 Å².